The van der Waals surface area contributed by atoms with Gasteiger partial charge in [-0.2, -0.15) is 0 Å². The Kier molecular flexibility index (Phi) is 9.14. The van der Waals surface area contributed by atoms with Gasteiger partial charge in [0.05, 0.1) is 13.7 Å². The Bertz CT molecular complexity index is 621. The van der Waals surface area contributed by atoms with E-state index in [1.807, 2.05) is 20.8 Å². The molecule has 8 heteroatoms. The lowest BCUT2D eigenvalue weighted by atomic mass is 10.3. The van der Waals surface area contributed by atoms with Crippen LogP contribution in [0.1, 0.15) is 27.2 Å². The molecule has 8 nitrogen and oxygen atoms in total. The number of amides is 4. The van der Waals surface area contributed by atoms with E-state index in [4.69, 9.17) is 4.74 Å². The number of likely N-dealkylation sites (N-methyl/N-ethyl adjacent to an activating group) is 1. The minimum Gasteiger partial charge on any atom is -0.497 e. The number of hydrogen-bond acceptors (Lipinski definition) is 4. The van der Waals surface area contributed by atoms with Gasteiger partial charge in [-0.3, -0.25) is 14.9 Å². The SMILES string of the molecule is CC[C@H](C)NC(=O)NC(=O)C[NH+](CC)CC(=O)Nc1cccc(OC)c1. The van der Waals surface area contributed by atoms with Gasteiger partial charge < -0.3 is 20.3 Å². The van der Waals surface area contributed by atoms with Crippen LogP contribution in [0.2, 0.25) is 0 Å². The summed E-state index contributed by atoms with van der Waals surface area (Å²) in [6, 6.07) is 6.52. The van der Waals surface area contributed by atoms with Crippen molar-refractivity contribution in [2.24, 2.45) is 0 Å². The quantitative estimate of drug-likeness (QED) is 0.501. The second kappa shape index (κ2) is 11.1. The van der Waals surface area contributed by atoms with Gasteiger partial charge in [-0.25, -0.2) is 4.79 Å². The Balaban J connectivity index is 2.48. The lowest BCUT2D eigenvalue weighted by molar-refractivity contribution is -0.881. The van der Waals surface area contributed by atoms with Gasteiger partial charge in [0.15, 0.2) is 13.1 Å². The fourth-order valence-electron chi connectivity index (χ4n) is 2.21. The summed E-state index contributed by atoms with van der Waals surface area (Å²) < 4.78 is 5.12. The molecule has 0 radical (unpaired) electrons. The summed E-state index contributed by atoms with van der Waals surface area (Å²) in [5.74, 6) is 0.0120. The third-order valence-corrected chi connectivity index (χ3v) is 3.92. The first-order valence-corrected chi connectivity index (χ1v) is 8.75. The third-order valence-electron chi connectivity index (χ3n) is 3.92. The molecule has 1 rings (SSSR count). The highest BCUT2D eigenvalue weighted by atomic mass is 16.5. The molecular weight excluding hydrogens is 336 g/mol. The van der Waals surface area contributed by atoms with Crippen molar-refractivity contribution < 1.29 is 24.0 Å². The molecule has 4 N–H and O–H groups in total. The second-order valence-electron chi connectivity index (χ2n) is 6.07. The number of benzene rings is 1. The van der Waals surface area contributed by atoms with Crippen molar-refractivity contribution in [3.8, 4) is 5.75 Å². The summed E-state index contributed by atoms with van der Waals surface area (Å²) in [5, 5.41) is 7.73. The van der Waals surface area contributed by atoms with Crippen molar-refractivity contribution in [3.05, 3.63) is 24.3 Å². The van der Waals surface area contributed by atoms with Crippen molar-refractivity contribution in [1.29, 1.82) is 0 Å². The Morgan fingerprint density at radius 1 is 1.15 bits per heavy atom. The van der Waals surface area contributed by atoms with E-state index in [9.17, 15) is 14.4 Å². The minimum atomic E-state index is -0.513. The van der Waals surface area contributed by atoms with Gasteiger partial charge in [0.25, 0.3) is 11.8 Å². The van der Waals surface area contributed by atoms with Gasteiger partial charge >= 0.3 is 6.03 Å². The molecule has 0 heterocycles. The molecule has 0 bridgehead atoms. The molecule has 0 spiro atoms. The van der Waals surface area contributed by atoms with E-state index in [2.05, 4.69) is 16.0 Å². The van der Waals surface area contributed by atoms with Gasteiger partial charge in [0.1, 0.15) is 5.75 Å². The fourth-order valence-corrected chi connectivity index (χ4v) is 2.21. The summed E-state index contributed by atoms with van der Waals surface area (Å²) in [6.07, 6.45) is 0.776. The number of carbonyl (C=O) groups excluding carboxylic acids is 3. The van der Waals surface area contributed by atoms with Crippen LogP contribution in [0, 0.1) is 0 Å². The van der Waals surface area contributed by atoms with Crippen molar-refractivity contribution in [2.75, 3.05) is 32.1 Å². The molecule has 0 aliphatic heterocycles. The topological polar surface area (TPSA) is 101 Å². The summed E-state index contributed by atoms with van der Waals surface area (Å²) in [4.78, 5) is 36.6. The number of hydrogen-bond donors (Lipinski definition) is 4. The Morgan fingerprint density at radius 3 is 2.46 bits per heavy atom. The molecule has 1 aromatic rings. The number of imide groups is 1. The van der Waals surface area contributed by atoms with E-state index in [-0.39, 0.29) is 25.0 Å². The number of nitrogens with one attached hydrogen (secondary N) is 4. The average Bonchev–Trinajstić information content (AvgIpc) is 2.60. The van der Waals surface area contributed by atoms with E-state index >= 15 is 0 Å². The predicted octanol–water partition coefficient (Wildman–Crippen LogP) is 0.163. The van der Waals surface area contributed by atoms with E-state index in [0.29, 0.717) is 18.0 Å². The Morgan fingerprint density at radius 2 is 1.85 bits per heavy atom. The number of carbonyl (C=O) groups is 3. The smallest absolute Gasteiger partial charge is 0.321 e. The summed E-state index contributed by atoms with van der Waals surface area (Å²) >= 11 is 0. The van der Waals surface area contributed by atoms with E-state index < -0.39 is 11.9 Å². The Labute approximate surface area is 154 Å². The van der Waals surface area contributed by atoms with Crippen LogP contribution < -0.4 is 25.6 Å². The molecule has 2 atom stereocenters. The lowest BCUT2D eigenvalue weighted by Gasteiger charge is -2.17. The Hall–Kier alpha value is -2.61. The summed E-state index contributed by atoms with van der Waals surface area (Å²) in [5.41, 5.74) is 0.627. The first-order valence-electron chi connectivity index (χ1n) is 8.75. The molecular formula is C18H29N4O4+. The zero-order chi connectivity index (χ0) is 19.5. The number of ether oxygens (including phenoxy) is 1. The molecule has 4 amide bonds. The third kappa shape index (κ3) is 7.98. The van der Waals surface area contributed by atoms with Crippen molar-refractivity contribution >= 4 is 23.5 Å². The molecule has 0 saturated heterocycles. The average molecular weight is 365 g/mol. The van der Waals surface area contributed by atoms with E-state index in [0.717, 1.165) is 11.3 Å². The second-order valence-corrected chi connectivity index (χ2v) is 6.07. The van der Waals surface area contributed by atoms with Crippen LogP contribution in [0.15, 0.2) is 24.3 Å². The first-order chi connectivity index (χ1) is 12.4. The number of rotatable bonds is 9. The van der Waals surface area contributed by atoms with Crippen LogP contribution in [0.25, 0.3) is 0 Å². The maximum absolute atomic E-state index is 12.2. The standard InChI is InChI=1S/C18H28N4O4/c1-5-13(3)19-18(25)21-17(24)12-22(6-2)11-16(23)20-14-8-7-9-15(10-14)26-4/h7-10,13H,5-6,11-12H2,1-4H3,(H,20,23)(H2,19,21,24,25)/p+1/t13-/m0/s1. The normalized spacial score (nSPS) is 12.6. The molecule has 1 unspecified atom stereocenters. The zero-order valence-electron chi connectivity index (χ0n) is 15.8. The largest absolute Gasteiger partial charge is 0.497 e. The van der Waals surface area contributed by atoms with Crippen LogP contribution in [0.5, 0.6) is 5.75 Å². The number of methoxy groups -OCH3 is 1. The van der Waals surface area contributed by atoms with Gasteiger partial charge in [-0.15, -0.1) is 0 Å². The number of urea groups is 1. The fraction of sp³-hybridized carbons (Fsp3) is 0.500. The van der Waals surface area contributed by atoms with Crippen LogP contribution in [0.3, 0.4) is 0 Å². The highest BCUT2D eigenvalue weighted by molar-refractivity contribution is 5.95. The minimum absolute atomic E-state index is 0.00827. The number of quaternary nitrogens is 1. The maximum atomic E-state index is 12.2. The molecule has 0 aliphatic rings. The van der Waals surface area contributed by atoms with E-state index in [1.165, 1.54) is 0 Å². The molecule has 1 aromatic carbocycles. The van der Waals surface area contributed by atoms with Gasteiger partial charge in [-0.1, -0.05) is 13.0 Å². The summed E-state index contributed by atoms with van der Waals surface area (Å²) in [6.45, 7) is 6.41. The monoisotopic (exact) mass is 365 g/mol. The van der Waals surface area contributed by atoms with Gasteiger partial charge in [0.2, 0.25) is 0 Å². The van der Waals surface area contributed by atoms with Crippen molar-refractivity contribution in [2.45, 2.75) is 33.2 Å². The zero-order valence-corrected chi connectivity index (χ0v) is 15.8. The molecule has 144 valence electrons. The molecule has 0 aliphatic carbocycles. The van der Waals surface area contributed by atoms with Crippen LogP contribution in [-0.4, -0.2) is 50.6 Å². The van der Waals surface area contributed by atoms with Crippen LogP contribution >= 0.6 is 0 Å². The van der Waals surface area contributed by atoms with Gasteiger partial charge in [0, 0.05) is 17.8 Å². The molecule has 0 aromatic heterocycles. The first kappa shape index (κ1) is 21.4. The highest BCUT2D eigenvalue weighted by Crippen LogP contribution is 2.16. The lowest BCUT2D eigenvalue weighted by Crippen LogP contribution is -3.14. The van der Waals surface area contributed by atoms with Gasteiger partial charge in [-0.05, 0) is 32.4 Å². The van der Waals surface area contributed by atoms with E-state index in [1.54, 1.807) is 31.4 Å². The maximum Gasteiger partial charge on any atom is 0.321 e. The molecule has 26 heavy (non-hydrogen) atoms. The van der Waals surface area contributed by atoms with Crippen LogP contribution in [0.4, 0.5) is 10.5 Å². The highest BCUT2D eigenvalue weighted by Gasteiger charge is 2.18. The van der Waals surface area contributed by atoms with Crippen molar-refractivity contribution in [1.82, 2.24) is 10.6 Å². The number of anilines is 1. The summed E-state index contributed by atoms with van der Waals surface area (Å²) in [7, 11) is 1.56. The van der Waals surface area contributed by atoms with Crippen molar-refractivity contribution in [3.63, 3.8) is 0 Å². The predicted molar refractivity (Wildman–Crippen MR) is 99.3 cm³/mol. The molecule has 0 fully saturated rings. The molecule has 0 saturated carbocycles. The van der Waals surface area contributed by atoms with Crippen LogP contribution in [-0.2, 0) is 9.59 Å².